The number of Topliss-reactive ketones (excluding diaryl/α,β-unsaturated/α-hetero) is 1. The van der Waals surface area contributed by atoms with Crippen molar-refractivity contribution in [3.63, 3.8) is 0 Å². The average molecular weight is 414 g/mol. The van der Waals surface area contributed by atoms with Crippen molar-refractivity contribution < 1.29 is 14.1 Å². The van der Waals surface area contributed by atoms with E-state index in [2.05, 4.69) is 10.2 Å². The summed E-state index contributed by atoms with van der Waals surface area (Å²) in [4.78, 5) is 22.9. The first kappa shape index (κ1) is 20.7. The highest BCUT2D eigenvalue weighted by molar-refractivity contribution is 7.99. The summed E-state index contributed by atoms with van der Waals surface area (Å²) >= 11 is 1.18. The summed E-state index contributed by atoms with van der Waals surface area (Å²) < 4.78 is 16.0. The van der Waals surface area contributed by atoms with Gasteiger partial charge in [0.2, 0.25) is 0 Å². The molecule has 0 radical (unpaired) electrons. The molecule has 0 saturated heterocycles. The van der Waals surface area contributed by atoms with Crippen molar-refractivity contribution in [2.24, 2.45) is 5.92 Å². The van der Waals surface area contributed by atoms with Crippen LogP contribution in [0.2, 0.25) is 0 Å². The maximum atomic E-state index is 14.2. The zero-order valence-corrected chi connectivity index (χ0v) is 16.7. The highest BCUT2D eigenvalue weighted by atomic mass is 32.2. The van der Waals surface area contributed by atoms with Gasteiger partial charge in [-0.3, -0.25) is 14.9 Å². The minimum absolute atomic E-state index is 0.0364. The third kappa shape index (κ3) is 4.86. The lowest BCUT2D eigenvalue weighted by molar-refractivity contribution is -0.384. The Balaban J connectivity index is 1.84. The van der Waals surface area contributed by atoms with Crippen molar-refractivity contribution in [1.82, 2.24) is 14.8 Å². The van der Waals surface area contributed by atoms with Crippen LogP contribution in [0.15, 0.2) is 53.7 Å². The van der Waals surface area contributed by atoms with Crippen LogP contribution in [-0.4, -0.2) is 31.2 Å². The molecular weight excluding hydrogens is 395 g/mol. The van der Waals surface area contributed by atoms with Gasteiger partial charge in [-0.15, -0.1) is 10.2 Å². The molecule has 0 N–H and O–H groups in total. The minimum Gasteiger partial charge on any atom is -0.302 e. The van der Waals surface area contributed by atoms with Gasteiger partial charge in [-0.05, 0) is 18.1 Å². The van der Waals surface area contributed by atoms with E-state index in [0.29, 0.717) is 23.1 Å². The molecule has 1 aromatic heterocycles. The summed E-state index contributed by atoms with van der Waals surface area (Å²) in [5, 5.41) is 19.7. The summed E-state index contributed by atoms with van der Waals surface area (Å²) in [6, 6.07) is 11.9. The van der Waals surface area contributed by atoms with E-state index < -0.39 is 10.7 Å². The lowest BCUT2D eigenvalue weighted by atomic mass is 10.1. The van der Waals surface area contributed by atoms with E-state index in [1.807, 2.05) is 13.8 Å². The zero-order valence-electron chi connectivity index (χ0n) is 15.9. The molecule has 2 aromatic carbocycles. The summed E-state index contributed by atoms with van der Waals surface area (Å²) in [6.45, 7) is 4.60. The van der Waals surface area contributed by atoms with Crippen LogP contribution < -0.4 is 0 Å². The number of nitro groups is 1. The van der Waals surface area contributed by atoms with E-state index in [1.54, 1.807) is 28.8 Å². The molecule has 1 heterocycles. The van der Waals surface area contributed by atoms with Crippen molar-refractivity contribution in [3.8, 4) is 11.4 Å². The first-order chi connectivity index (χ1) is 13.9. The molecule has 9 heteroatoms. The summed E-state index contributed by atoms with van der Waals surface area (Å²) in [5.74, 6) is 0.0408. The summed E-state index contributed by atoms with van der Waals surface area (Å²) in [5.41, 5.74) is 0.471. The number of hydrogen-bond acceptors (Lipinski definition) is 6. The molecule has 7 nitrogen and oxygen atoms in total. The van der Waals surface area contributed by atoms with Crippen LogP contribution in [0.5, 0.6) is 0 Å². The Morgan fingerprint density at radius 2 is 1.97 bits per heavy atom. The SMILES string of the molecule is CC(C)Cn1c(SCC(=O)c2cccc([N+](=O)[O-])c2)nnc1-c1ccccc1F. The van der Waals surface area contributed by atoms with E-state index >= 15 is 0 Å². The lowest BCUT2D eigenvalue weighted by Gasteiger charge is -2.12. The van der Waals surface area contributed by atoms with E-state index in [0.717, 1.165) is 0 Å². The number of thioether (sulfide) groups is 1. The summed E-state index contributed by atoms with van der Waals surface area (Å²) in [6.07, 6.45) is 0. The number of hydrogen-bond donors (Lipinski definition) is 0. The number of non-ortho nitro benzene ring substituents is 1. The molecular formula is C20H19FN4O3S. The van der Waals surface area contributed by atoms with E-state index in [4.69, 9.17) is 0 Å². The van der Waals surface area contributed by atoms with Gasteiger partial charge in [-0.1, -0.05) is 49.9 Å². The number of benzene rings is 2. The topological polar surface area (TPSA) is 90.9 Å². The first-order valence-corrected chi connectivity index (χ1v) is 9.94. The van der Waals surface area contributed by atoms with Gasteiger partial charge in [-0.25, -0.2) is 4.39 Å². The maximum Gasteiger partial charge on any atom is 0.270 e. The standard InChI is InChI=1S/C20H19FN4O3S/c1-13(2)11-24-19(16-8-3-4-9-17(16)21)22-23-20(24)29-12-18(26)14-6-5-7-15(10-14)25(27)28/h3-10,13H,11-12H2,1-2H3. The number of rotatable bonds is 8. The fourth-order valence-corrected chi connectivity index (χ4v) is 3.62. The van der Waals surface area contributed by atoms with Crippen LogP contribution in [0.3, 0.4) is 0 Å². The Hall–Kier alpha value is -3.07. The molecule has 0 fully saturated rings. The normalized spacial score (nSPS) is 11.0. The Bertz CT molecular complexity index is 1050. The quantitative estimate of drug-likeness (QED) is 0.231. The third-order valence-corrected chi connectivity index (χ3v) is 5.06. The fraction of sp³-hybridized carbons (Fsp3) is 0.250. The highest BCUT2D eigenvalue weighted by Crippen LogP contribution is 2.27. The molecule has 3 aromatic rings. The molecule has 150 valence electrons. The smallest absolute Gasteiger partial charge is 0.270 e. The van der Waals surface area contributed by atoms with Crippen LogP contribution in [0.4, 0.5) is 10.1 Å². The summed E-state index contributed by atoms with van der Waals surface area (Å²) in [7, 11) is 0. The Morgan fingerprint density at radius 1 is 1.21 bits per heavy atom. The van der Waals surface area contributed by atoms with Crippen molar-refractivity contribution in [3.05, 3.63) is 70.0 Å². The van der Waals surface area contributed by atoms with Gasteiger partial charge < -0.3 is 4.57 Å². The molecule has 0 atom stereocenters. The van der Waals surface area contributed by atoms with Gasteiger partial charge in [0.1, 0.15) is 5.82 Å². The predicted molar refractivity (Wildman–Crippen MR) is 108 cm³/mol. The Morgan fingerprint density at radius 3 is 2.66 bits per heavy atom. The molecule has 0 aliphatic heterocycles. The van der Waals surface area contributed by atoms with Crippen LogP contribution in [0.1, 0.15) is 24.2 Å². The number of nitrogens with zero attached hydrogens (tertiary/aromatic N) is 4. The zero-order chi connectivity index (χ0) is 21.0. The van der Waals surface area contributed by atoms with Crippen LogP contribution in [-0.2, 0) is 6.54 Å². The van der Waals surface area contributed by atoms with E-state index in [-0.39, 0.29) is 28.7 Å². The van der Waals surface area contributed by atoms with Gasteiger partial charge in [0.15, 0.2) is 16.8 Å². The van der Waals surface area contributed by atoms with Crippen LogP contribution in [0.25, 0.3) is 11.4 Å². The Labute approximate surface area is 171 Å². The van der Waals surface area contributed by atoms with E-state index in [9.17, 15) is 19.3 Å². The maximum absolute atomic E-state index is 14.2. The molecule has 29 heavy (non-hydrogen) atoms. The van der Waals surface area contributed by atoms with Crippen molar-refractivity contribution in [2.75, 3.05) is 5.75 Å². The molecule has 0 spiro atoms. The molecule has 0 amide bonds. The molecule has 3 rings (SSSR count). The number of aromatic nitrogens is 3. The number of nitro benzene ring substituents is 1. The second kappa shape index (κ2) is 8.95. The second-order valence-corrected chi connectivity index (χ2v) is 7.75. The number of ketones is 1. The number of carbonyl (C=O) groups excluding carboxylic acids is 1. The monoisotopic (exact) mass is 414 g/mol. The number of carbonyl (C=O) groups is 1. The first-order valence-electron chi connectivity index (χ1n) is 8.95. The van der Waals surface area contributed by atoms with Gasteiger partial charge in [-0.2, -0.15) is 0 Å². The van der Waals surface area contributed by atoms with Gasteiger partial charge in [0, 0.05) is 24.2 Å². The third-order valence-electron chi connectivity index (χ3n) is 4.09. The molecule has 0 unspecified atom stereocenters. The van der Waals surface area contributed by atoms with Crippen molar-refractivity contribution in [1.29, 1.82) is 0 Å². The van der Waals surface area contributed by atoms with Gasteiger partial charge in [0.25, 0.3) is 5.69 Å². The number of halogens is 1. The fourth-order valence-electron chi connectivity index (χ4n) is 2.77. The minimum atomic E-state index is -0.538. The molecule has 0 aliphatic carbocycles. The molecule has 0 saturated carbocycles. The lowest BCUT2D eigenvalue weighted by Crippen LogP contribution is -2.10. The van der Waals surface area contributed by atoms with Gasteiger partial charge >= 0.3 is 0 Å². The largest absolute Gasteiger partial charge is 0.302 e. The molecule has 0 bridgehead atoms. The highest BCUT2D eigenvalue weighted by Gasteiger charge is 2.19. The average Bonchev–Trinajstić information content (AvgIpc) is 3.08. The Kier molecular flexibility index (Phi) is 6.38. The van der Waals surface area contributed by atoms with Gasteiger partial charge in [0.05, 0.1) is 16.2 Å². The molecule has 0 aliphatic rings. The van der Waals surface area contributed by atoms with Crippen molar-refractivity contribution >= 4 is 23.2 Å². The van der Waals surface area contributed by atoms with E-state index in [1.165, 1.54) is 36.0 Å². The van der Waals surface area contributed by atoms with Crippen LogP contribution in [0, 0.1) is 21.8 Å². The van der Waals surface area contributed by atoms with Crippen LogP contribution >= 0.6 is 11.8 Å². The predicted octanol–water partition coefficient (Wildman–Crippen LogP) is 4.62. The van der Waals surface area contributed by atoms with Crippen molar-refractivity contribution in [2.45, 2.75) is 25.5 Å². The second-order valence-electron chi connectivity index (χ2n) is 6.81.